The van der Waals surface area contributed by atoms with E-state index in [-0.39, 0.29) is 10.5 Å². The molecule has 0 saturated heterocycles. The average molecular weight is 391 g/mol. The van der Waals surface area contributed by atoms with E-state index in [0.29, 0.717) is 9.86 Å². The van der Waals surface area contributed by atoms with Crippen LogP contribution in [0.15, 0.2) is 28.9 Å². The van der Waals surface area contributed by atoms with Gasteiger partial charge in [0, 0.05) is 21.4 Å². The van der Waals surface area contributed by atoms with Crippen LogP contribution < -0.4 is 4.18 Å². The monoisotopic (exact) mass is 389 g/mol. The maximum absolute atomic E-state index is 12.3. The highest BCUT2D eigenvalue weighted by Crippen LogP contribution is 2.35. The number of pyridine rings is 1. The molecule has 1 aromatic heterocycles. The van der Waals surface area contributed by atoms with Crippen LogP contribution >= 0.6 is 27.5 Å². The number of fused-ring (bicyclic) bond motifs is 1. The van der Waals surface area contributed by atoms with Crippen LogP contribution in [0.4, 0.5) is 13.2 Å². The largest absolute Gasteiger partial charge is 0.534 e. The van der Waals surface area contributed by atoms with Gasteiger partial charge in [0.1, 0.15) is 5.15 Å². The molecule has 0 spiro atoms. The fourth-order valence-electron chi connectivity index (χ4n) is 1.39. The Morgan fingerprint density at radius 3 is 2.50 bits per heavy atom. The van der Waals surface area contributed by atoms with E-state index in [1.54, 1.807) is 0 Å². The molecule has 0 aliphatic rings. The van der Waals surface area contributed by atoms with Crippen molar-refractivity contribution in [2.75, 3.05) is 0 Å². The van der Waals surface area contributed by atoms with E-state index in [9.17, 15) is 21.6 Å². The SMILES string of the molecule is O=S(=O)(Oc1ccc(Br)c2cnc(Cl)cc12)C(F)(F)F. The molecule has 1 heterocycles. The van der Waals surface area contributed by atoms with Crippen molar-refractivity contribution >= 4 is 48.4 Å². The van der Waals surface area contributed by atoms with E-state index in [1.165, 1.54) is 18.3 Å². The maximum atomic E-state index is 12.3. The van der Waals surface area contributed by atoms with Gasteiger partial charge in [-0.1, -0.05) is 27.5 Å². The lowest BCUT2D eigenvalue weighted by atomic mass is 10.1. The first-order valence-corrected chi connectivity index (χ1v) is 7.44. The molecular weight excluding hydrogens is 387 g/mol. The second kappa shape index (κ2) is 5.05. The van der Waals surface area contributed by atoms with E-state index in [0.717, 1.165) is 6.07 Å². The van der Waals surface area contributed by atoms with Gasteiger partial charge in [-0.25, -0.2) is 4.98 Å². The maximum Gasteiger partial charge on any atom is 0.534 e. The molecule has 2 rings (SSSR count). The Hall–Kier alpha value is -1.06. The number of benzene rings is 1. The Labute approximate surface area is 124 Å². The summed E-state index contributed by atoms with van der Waals surface area (Å²) in [5.74, 6) is -0.482. The number of hydrogen-bond donors (Lipinski definition) is 0. The lowest BCUT2D eigenvalue weighted by molar-refractivity contribution is -0.0499. The van der Waals surface area contributed by atoms with Crippen LogP contribution in [0.3, 0.4) is 0 Å². The summed E-state index contributed by atoms with van der Waals surface area (Å²) < 4.78 is 63.6. The van der Waals surface area contributed by atoms with Crippen molar-refractivity contribution in [3.05, 3.63) is 34.0 Å². The molecule has 108 valence electrons. The highest BCUT2D eigenvalue weighted by atomic mass is 79.9. The summed E-state index contributed by atoms with van der Waals surface area (Å²) in [5, 5.41) is 0.446. The molecule has 1 aromatic carbocycles. The Morgan fingerprint density at radius 2 is 1.90 bits per heavy atom. The highest BCUT2D eigenvalue weighted by Gasteiger charge is 2.48. The number of nitrogens with zero attached hydrogens (tertiary/aromatic N) is 1. The third kappa shape index (κ3) is 2.84. The minimum Gasteiger partial charge on any atom is -0.375 e. The lowest BCUT2D eigenvalue weighted by Gasteiger charge is -2.12. The quantitative estimate of drug-likeness (QED) is 0.444. The fourth-order valence-corrected chi connectivity index (χ4v) is 2.47. The standard InChI is InChI=1S/C10H4BrClF3NO3S/c11-7-1-2-8(19-20(17,18)10(13,14)15)5-3-9(12)16-4-6(5)7/h1-4H. The summed E-state index contributed by atoms with van der Waals surface area (Å²) in [6.07, 6.45) is 1.29. The number of rotatable bonds is 2. The zero-order chi connectivity index (χ0) is 15.1. The molecule has 0 aliphatic carbocycles. The Bertz CT molecular complexity index is 779. The molecule has 0 amide bonds. The normalized spacial score (nSPS) is 12.7. The molecule has 2 aromatic rings. The number of halogens is 5. The van der Waals surface area contributed by atoms with E-state index < -0.39 is 21.4 Å². The van der Waals surface area contributed by atoms with E-state index in [1.807, 2.05) is 0 Å². The molecule has 0 atom stereocenters. The van der Waals surface area contributed by atoms with Gasteiger partial charge in [0.2, 0.25) is 0 Å². The third-order valence-electron chi connectivity index (χ3n) is 2.26. The van der Waals surface area contributed by atoms with Crippen LogP contribution in [0.2, 0.25) is 5.15 Å². The highest BCUT2D eigenvalue weighted by molar-refractivity contribution is 9.10. The predicted octanol–water partition coefficient (Wildman–Crippen LogP) is 3.88. The second-order valence-electron chi connectivity index (χ2n) is 3.58. The first-order valence-electron chi connectivity index (χ1n) is 4.86. The van der Waals surface area contributed by atoms with E-state index >= 15 is 0 Å². The minimum atomic E-state index is -5.75. The van der Waals surface area contributed by atoms with Crippen LogP contribution in [0.25, 0.3) is 10.8 Å². The number of alkyl halides is 3. The molecule has 0 radical (unpaired) electrons. The summed E-state index contributed by atoms with van der Waals surface area (Å²) in [6.45, 7) is 0. The minimum absolute atomic E-state index is 0.00939. The number of hydrogen-bond acceptors (Lipinski definition) is 4. The van der Waals surface area contributed by atoms with Crippen LogP contribution in [-0.2, 0) is 10.1 Å². The van der Waals surface area contributed by atoms with Gasteiger partial charge in [-0.3, -0.25) is 0 Å². The zero-order valence-electron chi connectivity index (χ0n) is 9.28. The molecule has 20 heavy (non-hydrogen) atoms. The second-order valence-corrected chi connectivity index (χ2v) is 6.36. The van der Waals surface area contributed by atoms with Crippen molar-refractivity contribution in [1.29, 1.82) is 0 Å². The van der Waals surface area contributed by atoms with Gasteiger partial charge in [0.25, 0.3) is 0 Å². The van der Waals surface area contributed by atoms with Crippen molar-refractivity contribution in [3.8, 4) is 5.75 Å². The van der Waals surface area contributed by atoms with Gasteiger partial charge < -0.3 is 4.18 Å². The predicted molar refractivity (Wildman–Crippen MR) is 70.1 cm³/mol. The van der Waals surface area contributed by atoms with Gasteiger partial charge in [-0.05, 0) is 18.2 Å². The van der Waals surface area contributed by atoms with E-state index in [2.05, 4.69) is 25.1 Å². The summed E-state index contributed by atoms with van der Waals surface area (Å²) in [4.78, 5) is 3.76. The Balaban J connectivity index is 2.62. The summed E-state index contributed by atoms with van der Waals surface area (Å²) in [7, 11) is -5.75. The van der Waals surface area contributed by atoms with Crippen molar-refractivity contribution < 1.29 is 25.8 Å². The first kappa shape index (κ1) is 15.3. The van der Waals surface area contributed by atoms with Gasteiger partial charge >= 0.3 is 15.6 Å². The Kier molecular flexibility index (Phi) is 3.87. The van der Waals surface area contributed by atoms with Gasteiger partial charge in [0.15, 0.2) is 5.75 Å². The topological polar surface area (TPSA) is 56.3 Å². The molecule has 0 saturated carbocycles. The fraction of sp³-hybridized carbons (Fsp3) is 0.100. The summed E-state index contributed by atoms with van der Waals surface area (Å²) in [5.41, 5.74) is -5.51. The molecule has 4 nitrogen and oxygen atoms in total. The molecule has 0 aliphatic heterocycles. The number of aromatic nitrogens is 1. The smallest absolute Gasteiger partial charge is 0.375 e. The van der Waals surface area contributed by atoms with Crippen LogP contribution in [0, 0.1) is 0 Å². The van der Waals surface area contributed by atoms with Crippen molar-refractivity contribution in [2.24, 2.45) is 0 Å². The molecule has 10 heteroatoms. The molecule has 0 N–H and O–H groups in total. The molecule has 0 unspecified atom stereocenters. The van der Waals surface area contributed by atoms with Crippen LogP contribution in [0.1, 0.15) is 0 Å². The summed E-state index contributed by atoms with van der Waals surface area (Å²) >= 11 is 8.81. The van der Waals surface area contributed by atoms with E-state index in [4.69, 9.17) is 11.6 Å². The molecule has 0 fully saturated rings. The van der Waals surface area contributed by atoms with Crippen molar-refractivity contribution in [3.63, 3.8) is 0 Å². The van der Waals surface area contributed by atoms with Crippen LogP contribution in [-0.4, -0.2) is 18.9 Å². The Morgan fingerprint density at radius 1 is 1.25 bits per heavy atom. The van der Waals surface area contributed by atoms with Gasteiger partial charge in [-0.15, -0.1) is 0 Å². The van der Waals surface area contributed by atoms with Crippen molar-refractivity contribution in [2.45, 2.75) is 5.51 Å². The first-order chi connectivity index (χ1) is 9.12. The summed E-state index contributed by atoms with van der Waals surface area (Å²) in [6, 6.07) is 3.65. The van der Waals surface area contributed by atoms with Gasteiger partial charge in [0.05, 0.1) is 0 Å². The lowest BCUT2D eigenvalue weighted by Crippen LogP contribution is -2.28. The molecule has 0 bridgehead atoms. The molecular formula is C10H4BrClF3NO3S. The zero-order valence-corrected chi connectivity index (χ0v) is 12.4. The average Bonchev–Trinajstić information content (AvgIpc) is 2.31. The van der Waals surface area contributed by atoms with Gasteiger partial charge in [-0.2, -0.15) is 21.6 Å². The van der Waals surface area contributed by atoms with Crippen LogP contribution in [0.5, 0.6) is 5.75 Å². The van der Waals surface area contributed by atoms with Crippen molar-refractivity contribution in [1.82, 2.24) is 4.98 Å². The third-order valence-corrected chi connectivity index (χ3v) is 4.12.